The number of hydrogen-bond donors (Lipinski definition) is 1. The van der Waals surface area contributed by atoms with Crippen molar-refractivity contribution in [1.82, 2.24) is 0 Å². The molecule has 1 saturated heterocycles. The van der Waals surface area contributed by atoms with Gasteiger partial charge in [-0.1, -0.05) is 0 Å². The normalized spacial score (nSPS) is 19.1. The van der Waals surface area contributed by atoms with Gasteiger partial charge in [0.05, 0.1) is 18.4 Å². The van der Waals surface area contributed by atoms with Crippen molar-refractivity contribution in [2.24, 2.45) is 0 Å². The maximum Gasteiger partial charge on any atom is 0.340 e. The SMILES string of the molecule is COC(=O)c1cc(N2CCCC2C)c(F)cc1N. The number of nitrogens with two attached hydrogens (primary N) is 1. The minimum Gasteiger partial charge on any atom is -0.465 e. The summed E-state index contributed by atoms with van der Waals surface area (Å²) in [7, 11) is 1.28. The molecule has 2 N–H and O–H groups in total. The van der Waals surface area contributed by atoms with E-state index < -0.39 is 11.8 Å². The molecule has 0 bridgehead atoms. The Labute approximate surface area is 106 Å². The van der Waals surface area contributed by atoms with E-state index in [4.69, 9.17) is 5.73 Å². The average Bonchev–Trinajstić information content (AvgIpc) is 2.75. The largest absolute Gasteiger partial charge is 0.465 e. The topological polar surface area (TPSA) is 55.6 Å². The summed E-state index contributed by atoms with van der Waals surface area (Å²) in [5.74, 6) is -0.936. The number of nitrogens with zero attached hydrogens (tertiary/aromatic N) is 1. The Morgan fingerprint density at radius 2 is 2.28 bits per heavy atom. The van der Waals surface area contributed by atoms with E-state index in [1.54, 1.807) is 0 Å². The highest BCUT2D eigenvalue weighted by atomic mass is 19.1. The Bertz CT molecular complexity index is 476. The maximum absolute atomic E-state index is 13.9. The Kier molecular flexibility index (Phi) is 3.41. The third kappa shape index (κ3) is 2.12. The second kappa shape index (κ2) is 4.84. The van der Waals surface area contributed by atoms with Gasteiger partial charge in [0.1, 0.15) is 5.82 Å². The Morgan fingerprint density at radius 1 is 1.56 bits per heavy atom. The first kappa shape index (κ1) is 12.7. The smallest absolute Gasteiger partial charge is 0.340 e. The number of esters is 1. The fourth-order valence-electron chi connectivity index (χ4n) is 2.38. The highest BCUT2D eigenvalue weighted by Gasteiger charge is 2.25. The molecule has 1 aliphatic rings. The van der Waals surface area contributed by atoms with Crippen LogP contribution in [0.3, 0.4) is 0 Å². The molecule has 2 rings (SSSR count). The Balaban J connectivity index is 2.44. The molecule has 98 valence electrons. The fraction of sp³-hybridized carbons (Fsp3) is 0.462. The Morgan fingerprint density at radius 3 is 2.83 bits per heavy atom. The minimum absolute atomic E-state index is 0.106. The molecule has 1 aromatic rings. The van der Waals surface area contributed by atoms with Crippen molar-refractivity contribution in [3.8, 4) is 0 Å². The summed E-state index contributed by atoms with van der Waals surface area (Å²) in [5, 5.41) is 0. The van der Waals surface area contributed by atoms with Gasteiger partial charge in [0.15, 0.2) is 0 Å². The van der Waals surface area contributed by atoms with Gasteiger partial charge in [0.25, 0.3) is 0 Å². The molecular formula is C13H17FN2O2. The molecule has 1 heterocycles. The molecule has 18 heavy (non-hydrogen) atoms. The van der Waals surface area contributed by atoms with Crippen molar-refractivity contribution in [1.29, 1.82) is 0 Å². The van der Waals surface area contributed by atoms with E-state index >= 15 is 0 Å². The molecule has 4 nitrogen and oxygen atoms in total. The summed E-state index contributed by atoms with van der Waals surface area (Å²) >= 11 is 0. The lowest BCUT2D eigenvalue weighted by Gasteiger charge is -2.25. The maximum atomic E-state index is 13.9. The summed E-state index contributed by atoms with van der Waals surface area (Å²) in [4.78, 5) is 13.5. The molecule has 1 atom stereocenters. The van der Waals surface area contributed by atoms with E-state index in [9.17, 15) is 9.18 Å². The van der Waals surface area contributed by atoms with Crippen LogP contribution in [0, 0.1) is 5.82 Å². The van der Waals surface area contributed by atoms with Crippen LogP contribution in [0.15, 0.2) is 12.1 Å². The van der Waals surface area contributed by atoms with Gasteiger partial charge in [-0.25, -0.2) is 9.18 Å². The van der Waals surface area contributed by atoms with Gasteiger partial charge in [0, 0.05) is 18.3 Å². The van der Waals surface area contributed by atoms with Gasteiger partial charge < -0.3 is 15.4 Å². The van der Waals surface area contributed by atoms with Crippen LogP contribution >= 0.6 is 0 Å². The second-order valence-electron chi connectivity index (χ2n) is 4.57. The quantitative estimate of drug-likeness (QED) is 0.647. The molecule has 5 heteroatoms. The summed E-state index contributed by atoms with van der Waals surface area (Å²) < 4.78 is 18.6. The molecule has 1 fully saturated rings. The molecule has 0 radical (unpaired) electrons. The molecule has 1 aromatic carbocycles. The monoisotopic (exact) mass is 252 g/mol. The van der Waals surface area contributed by atoms with Crippen LogP contribution in [0.2, 0.25) is 0 Å². The van der Waals surface area contributed by atoms with Crippen LogP contribution in [-0.2, 0) is 4.74 Å². The van der Waals surface area contributed by atoms with Crippen LogP contribution in [-0.4, -0.2) is 25.7 Å². The lowest BCUT2D eigenvalue weighted by molar-refractivity contribution is 0.0602. The third-order valence-corrected chi connectivity index (χ3v) is 3.39. The number of rotatable bonds is 2. The lowest BCUT2D eigenvalue weighted by atomic mass is 10.1. The summed E-state index contributed by atoms with van der Waals surface area (Å²) in [6.45, 7) is 2.84. The first-order valence-electron chi connectivity index (χ1n) is 5.98. The zero-order valence-corrected chi connectivity index (χ0v) is 10.6. The van der Waals surface area contributed by atoms with E-state index in [0.29, 0.717) is 5.69 Å². The standard InChI is InChI=1S/C13H17FN2O2/c1-8-4-3-5-16(8)12-6-9(13(17)18-2)11(15)7-10(12)14/h6-8H,3-5,15H2,1-2H3. The zero-order chi connectivity index (χ0) is 13.3. The molecule has 1 unspecified atom stereocenters. The van der Waals surface area contributed by atoms with Crippen molar-refractivity contribution in [2.45, 2.75) is 25.8 Å². The predicted molar refractivity (Wildman–Crippen MR) is 68.2 cm³/mol. The van der Waals surface area contributed by atoms with E-state index in [1.165, 1.54) is 19.2 Å². The van der Waals surface area contributed by atoms with Gasteiger partial charge in [-0.3, -0.25) is 0 Å². The fourth-order valence-corrected chi connectivity index (χ4v) is 2.38. The highest BCUT2D eigenvalue weighted by molar-refractivity contribution is 5.96. The molecule has 0 spiro atoms. The van der Waals surface area contributed by atoms with Gasteiger partial charge in [-0.2, -0.15) is 0 Å². The summed E-state index contributed by atoms with van der Waals surface area (Å²) in [6, 6.07) is 2.94. The number of carbonyl (C=O) groups is 1. The number of benzene rings is 1. The third-order valence-electron chi connectivity index (χ3n) is 3.39. The van der Waals surface area contributed by atoms with Crippen molar-refractivity contribution >= 4 is 17.3 Å². The lowest BCUT2D eigenvalue weighted by Crippen LogP contribution is -2.27. The van der Waals surface area contributed by atoms with Crippen molar-refractivity contribution < 1.29 is 13.9 Å². The van der Waals surface area contributed by atoms with E-state index in [-0.39, 0.29) is 17.3 Å². The van der Waals surface area contributed by atoms with E-state index in [0.717, 1.165) is 19.4 Å². The second-order valence-corrected chi connectivity index (χ2v) is 4.57. The van der Waals surface area contributed by atoms with Gasteiger partial charge >= 0.3 is 5.97 Å². The highest BCUT2D eigenvalue weighted by Crippen LogP contribution is 2.31. The predicted octanol–water partition coefficient (Wildman–Crippen LogP) is 2.18. The summed E-state index contributed by atoms with van der Waals surface area (Å²) in [5.41, 5.74) is 6.39. The van der Waals surface area contributed by atoms with Crippen molar-refractivity contribution in [3.63, 3.8) is 0 Å². The van der Waals surface area contributed by atoms with Crippen molar-refractivity contribution in [3.05, 3.63) is 23.5 Å². The van der Waals surface area contributed by atoms with E-state index in [1.807, 2.05) is 11.8 Å². The van der Waals surface area contributed by atoms with Gasteiger partial charge in [-0.05, 0) is 31.9 Å². The van der Waals surface area contributed by atoms with E-state index in [2.05, 4.69) is 4.74 Å². The number of anilines is 2. The zero-order valence-electron chi connectivity index (χ0n) is 10.6. The first-order valence-corrected chi connectivity index (χ1v) is 5.98. The number of hydrogen-bond acceptors (Lipinski definition) is 4. The molecule has 0 aliphatic carbocycles. The molecule has 0 saturated carbocycles. The van der Waals surface area contributed by atoms with Crippen molar-refractivity contribution in [2.75, 3.05) is 24.3 Å². The number of halogens is 1. The molecule has 0 aromatic heterocycles. The molecular weight excluding hydrogens is 235 g/mol. The van der Waals surface area contributed by atoms with Gasteiger partial charge in [0.2, 0.25) is 0 Å². The van der Waals surface area contributed by atoms with Crippen LogP contribution in [0.4, 0.5) is 15.8 Å². The number of nitrogen functional groups attached to an aromatic ring is 1. The molecule has 1 aliphatic heterocycles. The first-order chi connectivity index (χ1) is 8.54. The van der Waals surface area contributed by atoms with Crippen LogP contribution in [0.1, 0.15) is 30.1 Å². The van der Waals surface area contributed by atoms with Gasteiger partial charge in [-0.15, -0.1) is 0 Å². The average molecular weight is 252 g/mol. The van der Waals surface area contributed by atoms with Crippen LogP contribution in [0.5, 0.6) is 0 Å². The Hall–Kier alpha value is -1.78. The van der Waals surface area contributed by atoms with Crippen LogP contribution in [0.25, 0.3) is 0 Å². The number of carbonyl (C=O) groups excluding carboxylic acids is 1. The summed E-state index contributed by atoms with van der Waals surface area (Å²) in [6.07, 6.45) is 2.05. The molecule has 0 amide bonds. The minimum atomic E-state index is -0.541. The number of methoxy groups -OCH3 is 1. The number of ether oxygens (including phenoxy) is 1. The van der Waals surface area contributed by atoms with Crippen LogP contribution < -0.4 is 10.6 Å².